The largest absolute Gasteiger partial charge is 0.349 e. The number of carbonyl (C=O) groups is 2. The summed E-state index contributed by atoms with van der Waals surface area (Å²) in [5.41, 5.74) is 4.87. The molecule has 0 radical (unpaired) electrons. The van der Waals surface area contributed by atoms with Gasteiger partial charge in [0.2, 0.25) is 5.91 Å². The zero-order chi connectivity index (χ0) is 23.1. The molecule has 5 rings (SSSR count). The van der Waals surface area contributed by atoms with Gasteiger partial charge < -0.3 is 10.6 Å². The summed E-state index contributed by atoms with van der Waals surface area (Å²) < 4.78 is 15.0. The maximum Gasteiger partial charge on any atom is 0.256 e. The first-order valence-electron chi connectivity index (χ1n) is 11.3. The van der Waals surface area contributed by atoms with Crippen LogP contribution in [-0.4, -0.2) is 32.5 Å². The van der Waals surface area contributed by atoms with Crippen LogP contribution in [0.5, 0.6) is 0 Å². The fourth-order valence-corrected chi connectivity index (χ4v) is 5.15. The van der Waals surface area contributed by atoms with Crippen LogP contribution in [0.3, 0.4) is 0 Å². The summed E-state index contributed by atoms with van der Waals surface area (Å²) in [7, 11) is 0. The number of amides is 2. The second-order valence-electron chi connectivity index (χ2n) is 8.91. The summed E-state index contributed by atoms with van der Waals surface area (Å²) in [5, 5.41) is 10.5. The van der Waals surface area contributed by atoms with Gasteiger partial charge in [-0.15, -0.1) is 0 Å². The number of nitrogens with zero attached hydrogens (tertiary/aromatic N) is 3. The van der Waals surface area contributed by atoms with Gasteiger partial charge >= 0.3 is 0 Å². The molecular weight excluding hydrogens is 445 g/mol. The van der Waals surface area contributed by atoms with Crippen molar-refractivity contribution in [3.8, 4) is 0 Å². The van der Waals surface area contributed by atoms with Crippen molar-refractivity contribution in [1.29, 1.82) is 0 Å². The van der Waals surface area contributed by atoms with Gasteiger partial charge in [0.25, 0.3) is 5.91 Å². The Bertz CT molecular complexity index is 1250. The Hall–Kier alpha value is -3.00. The summed E-state index contributed by atoms with van der Waals surface area (Å²) in [4.78, 5) is 30.3. The molecule has 2 heterocycles. The predicted molar refractivity (Wildman–Crippen MR) is 123 cm³/mol. The maximum absolute atomic E-state index is 13.2. The number of rotatable bonds is 4. The van der Waals surface area contributed by atoms with E-state index in [1.807, 2.05) is 6.92 Å². The summed E-state index contributed by atoms with van der Waals surface area (Å²) in [6, 6.07) is 3.89. The molecule has 3 aromatic rings. The number of fused-ring (bicyclic) bond motifs is 2. The SMILES string of the molecule is Cc1c2c(nc3c(C(=O)NC4CCC(C(=O)Nc5ccc(F)cc5Cl)CC4)cnn13)CCC2. The third kappa shape index (κ3) is 4.19. The van der Waals surface area contributed by atoms with Crippen molar-refractivity contribution in [2.45, 2.75) is 57.9 Å². The molecule has 172 valence electrons. The molecule has 0 bridgehead atoms. The summed E-state index contributed by atoms with van der Waals surface area (Å²) in [6.45, 7) is 2.03. The number of aryl methyl sites for hydroxylation is 2. The molecule has 0 unspecified atom stereocenters. The standard InChI is InChI=1S/C24H25ClFN5O2/c1-13-17-3-2-4-20(17)29-22-18(12-27-31(13)22)24(33)28-16-8-5-14(6-9-16)23(32)30-21-10-7-15(26)11-19(21)25/h7,10-12,14,16H,2-6,8-9H2,1H3,(H,28,33)(H,30,32). The van der Waals surface area contributed by atoms with E-state index in [2.05, 4.69) is 15.7 Å². The molecule has 2 aliphatic carbocycles. The highest BCUT2D eigenvalue weighted by Gasteiger charge is 2.29. The van der Waals surface area contributed by atoms with Crippen molar-refractivity contribution in [2.75, 3.05) is 5.32 Å². The number of hydrogen-bond acceptors (Lipinski definition) is 4. The molecule has 2 amide bonds. The number of benzene rings is 1. The Morgan fingerprint density at radius 1 is 1.18 bits per heavy atom. The Morgan fingerprint density at radius 3 is 2.73 bits per heavy atom. The molecule has 1 saturated carbocycles. The normalized spacial score (nSPS) is 20.0. The summed E-state index contributed by atoms with van der Waals surface area (Å²) in [6.07, 6.45) is 7.31. The fourth-order valence-electron chi connectivity index (χ4n) is 4.94. The minimum absolute atomic E-state index is 0.0126. The van der Waals surface area contributed by atoms with Crippen molar-refractivity contribution in [1.82, 2.24) is 19.9 Å². The van der Waals surface area contributed by atoms with E-state index >= 15 is 0 Å². The molecule has 33 heavy (non-hydrogen) atoms. The highest BCUT2D eigenvalue weighted by Crippen LogP contribution is 2.29. The summed E-state index contributed by atoms with van der Waals surface area (Å²) >= 11 is 6.01. The zero-order valence-electron chi connectivity index (χ0n) is 18.3. The number of hydrogen-bond donors (Lipinski definition) is 2. The molecule has 1 fully saturated rings. The highest BCUT2D eigenvalue weighted by atomic mass is 35.5. The van der Waals surface area contributed by atoms with Crippen LogP contribution in [0.1, 0.15) is 59.4 Å². The van der Waals surface area contributed by atoms with E-state index in [0.29, 0.717) is 42.6 Å². The minimum Gasteiger partial charge on any atom is -0.349 e. The van der Waals surface area contributed by atoms with Gasteiger partial charge in [-0.05, 0) is 75.6 Å². The molecule has 7 nitrogen and oxygen atoms in total. The van der Waals surface area contributed by atoms with E-state index in [0.717, 1.165) is 30.7 Å². The molecule has 2 aromatic heterocycles. The van der Waals surface area contributed by atoms with Crippen LogP contribution in [0, 0.1) is 18.7 Å². The lowest BCUT2D eigenvalue weighted by atomic mass is 9.85. The Balaban J connectivity index is 1.20. The van der Waals surface area contributed by atoms with Crippen molar-refractivity contribution in [3.63, 3.8) is 0 Å². The second-order valence-corrected chi connectivity index (χ2v) is 9.31. The number of carbonyl (C=O) groups excluding carboxylic acids is 2. The van der Waals surface area contributed by atoms with Crippen molar-refractivity contribution in [3.05, 3.63) is 57.8 Å². The van der Waals surface area contributed by atoms with Gasteiger partial charge in [0.05, 0.1) is 16.9 Å². The number of halogens is 2. The fraction of sp³-hybridized carbons (Fsp3) is 0.417. The van der Waals surface area contributed by atoms with E-state index in [-0.39, 0.29) is 28.8 Å². The lowest BCUT2D eigenvalue weighted by Crippen LogP contribution is -2.39. The van der Waals surface area contributed by atoms with Crippen LogP contribution >= 0.6 is 11.6 Å². The first-order valence-corrected chi connectivity index (χ1v) is 11.7. The van der Waals surface area contributed by atoms with Crippen molar-refractivity contribution < 1.29 is 14.0 Å². The quantitative estimate of drug-likeness (QED) is 0.598. The van der Waals surface area contributed by atoms with Crippen LogP contribution in [0.15, 0.2) is 24.4 Å². The average molecular weight is 470 g/mol. The smallest absolute Gasteiger partial charge is 0.256 e. The van der Waals surface area contributed by atoms with Crippen LogP contribution in [0.2, 0.25) is 5.02 Å². The van der Waals surface area contributed by atoms with Crippen molar-refractivity contribution >= 4 is 34.7 Å². The first-order chi connectivity index (χ1) is 15.9. The average Bonchev–Trinajstić information content (AvgIpc) is 3.44. The number of aromatic nitrogens is 3. The van der Waals surface area contributed by atoms with Gasteiger partial charge in [-0.25, -0.2) is 13.9 Å². The molecule has 0 saturated heterocycles. The molecule has 0 aliphatic heterocycles. The Kier molecular flexibility index (Phi) is 5.78. The molecule has 2 N–H and O–H groups in total. The second kappa shape index (κ2) is 8.74. The molecule has 0 atom stereocenters. The molecular formula is C24H25ClFN5O2. The highest BCUT2D eigenvalue weighted by molar-refractivity contribution is 6.33. The van der Waals surface area contributed by atoms with E-state index < -0.39 is 5.82 Å². The van der Waals surface area contributed by atoms with Crippen molar-refractivity contribution in [2.24, 2.45) is 5.92 Å². The number of nitrogens with one attached hydrogen (secondary N) is 2. The molecule has 2 aliphatic rings. The van der Waals surface area contributed by atoms with Crippen LogP contribution < -0.4 is 10.6 Å². The van der Waals surface area contributed by atoms with E-state index in [4.69, 9.17) is 16.6 Å². The topological polar surface area (TPSA) is 88.4 Å². The van der Waals surface area contributed by atoms with Crippen LogP contribution in [0.4, 0.5) is 10.1 Å². The summed E-state index contributed by atoms with van der Waals surface area (Å²) in [5.74, 6) is -0.941. The first kappa shape index (κ1) is 21.8. The maximum atomic E-state index is 13.2. The monoisotopic (exact) mass is 469 g/mol. The van der Waals surface area contributed by atoms with E-state index in [9.17, 15) is 14.0 Å². The van der Waals surface area contributed by atoms with E-state index in [1.54, 1.807) is 10.7 Å². The van der Waals surface area contributed by atoms with E-state index in [1.165, 1.54) is 23.8 Å². The van der Waals surface area contributed by atoms with Gasteiger partial charge in [0.1, 0.15) is 11.4 Å². The molecule has 0 spiro atoms. The molecule has 9 heteroatoms. The third-order valence-corrected chi connectivity index (χ3v) is 7.11. The van der Waals surface area contributed by atoms with Crippen LogP contribution in [-0.2, 0) is 17.6 Å². The van der Waals surface area contributed by atoms with Gasteiger partial charge in [0, 0.05) is 23.3 Å². The van der Waals surface area contributed by atoms with Gasteiger partial charge in [-0.2, -0.15) is 5.10 Å². The minimum atomic E-state index is -0.449. The Morgan fingerprint density at radius 2 is 1.97 bits per heavy atom. The van der Waals surface area contributed by atoms with Gasteiger partial charge in [-0.1, -0.05) is 11.6 Å². The van der Waals surface area contributed by atoms with Crippen LogP contribution in [0.25, 0.3) is 5.65 Å². The third-order valence-electron chi connectivity index (χ3n) is 6.79. The predicted octanol–water partition coefficient (Wildman–Crippen LogP) is 4.25. The van der Waals surface area contributed by atoms with Gasteiger partial charge in [-0.3, -0.25) is 9.59 Å². The molecule has 1 aromatic carbocycles. The lowest BCUT2D eigenvalue weighted by Gasteiger charge is -2.28. The zero-order valence-corrected chi connectivity index (χ0v) is 19.1. The number of anilines is 1. The lowest BCUT2D eigenvalue weighted by molar-refractivity contribution is -0.120. The van der Waals surface area contributed by atoms with Gasteiger partial charge in [0.15, 0.2) is 5.65 Å². The Labute approximate surface area is 195 Å².